The summed E-state index contributed by atoms with van der Waals surface area (Å²) < 4.78 is 39.1. The molecular weight excluding hydrogens is 404 g/mol. The molecule has 8 nitrogen and oxygen atoms in total. The first kappa shape index (κ1) is 20.5. The lowest BCUT2D eigenvalue weighted by Crippen LogP contribution is -2.23. The Kier molecular flexibility index (Phi) is 6.10. The minimum Gasteiger partial charge on any atom is -0.496 e. The van der Waals surface area contributed by atoms with Crippen LogP contribution in [0.5, 0.6) is 5.75 Å². The fraction of sp³-hybridized carbons (Fsp3) is 0.381. The number of sulfonamides is 1. The highest BCUT2D eigenvalue weighted by Gasteiger charge is 2.24. The number of hydrogen-bond acceptors (Lipinski definition) is 7. The number of rotatable bonds is 7. The molecule has 1 aliphatic rings. The first-order valence-electron chi connectivity index (χ1n) is 9.97. The minimum atomic E-state index is -3.75. The largest absolute Gasteiger partial charge is 0.496 e. The van der Waals surface area contributed by atoms with Crippen LogP contribution < -0.4 is 9.46 Å². The number of ether oxygens (including phenoxy) is 1. The lowest BCUT2D eigenvalue weighted by atomic mass is 9.89. The van der Waals surface area contributed by atoms with Gasteiger partial charge < -0.3 is 9.26 Å². The molecular formula is C21H24N4O4S. The maximum Gasteiger partial charge on any atom is 0.240 e. The monoisotopic (exact) mass is 428 g/mol. The van der Waals surface area contributed by atoms with Crippen molar-refractivity contribution in [2.45, 2.75) is 49.5 Å². The van der Waals surface area contributed by atoms with Crippen LogP contribution in [-0.4, -0.2) is 30.7 Å². The lowest BCUT2D eigenvalue weighted by molar-refractivity contribution is 0.314. The SMILES string of the molecule is COc1ccc(S(=O)(=O)NCc2cccnc2)cc1-c1noc(C2CCCCC2)n1. The minimum absolute atomic E-state index is 0.103. The molecule has 1 saturated carbocycles. The second-order valence-corrected chi connectivity index (χ2v) is 9.11. The Bertz CT molecular complexity index is 1090. The first-order valence-corrected chi connectivity index (χ1v) is 11.5. The Morgan fingerprint density at radius 3 is 2.77 bits per heavy atom. The molecule has 30 heavy (non-hydrogen) atoms. The van der Waals surface area contributed by atoms with Crippen molar-refractivity contribution in [1.29, 1.82) is 0 Å². The molecule has 0 bridgehead atoms. The highest BCUT2D eigenvalue weighted by molar-refractivity contribution is 7.89. The number of aromatic nitrogens is 3. The zero-order chi connectivity index (χ0) is 21.0. The first-order chi connectivity index (χ1) is 14.6. The van der Waals surface area contributed by atoms with Crippen LogP contribution in [0.4, 0.5) is 0 Å². The van der Waals surface area contributed by atoms with Gasteiger partial charge in [-0.15, -0.1) is 0 Å². The van der Waals surface area contributed by atoms with E-state index in [9.17, 15) is 8.42 Å². The van der Waals surface area contributed by atoms with E-state index in [1.54, 1.807) is 30.6 Å². The summed E-state index contributed by atoms with van der Waals surface area (Å²) in [7, 11) is -2.22. The van der Waals surface area contributed by atoms with Gasteiger partial charge in [0.25, 0.3) is 0 Å². The molecule has 0 atom stereocenters. The second-order valence-electron chi connectivity index (χ2n) is 7.34. The third-order valence-electron chi connectivity index (χ3n) is 5.31. The highest BCUT2D eigenvalue weighted by Crippen LogP contribution is 2.35. The van der Waals surface area contributed by atoms with Crippen LogP contribution in [0.25, 0.3) is 11.4 Å². The molecule has 158 valence electrons. The number of methoxy groups -OCH3 is 1. The fourth-order valence-electron chi connectivity index (χ4n) is 3.65. The molecule has 2 aromatic heterocycles. The number of benzene rings is 1. The molecule has 1 fully saturated rings. The van der Waals surface area contributed by atoms with Crippen molar-refractivity contribution in [3.63, 3.8) is 0 Å². The number of nitrogens with one attached hydrogen (secondary N) is 1. The summed E-state index contributed by atoms with van der Waals surface area (Å²) in [6, 6.07) is 8.18. The van der Waals surface area contributed by atoms with Crippen LogP contribution in [-0.2, 0) is 16.6 Å². The topological polar surface area (TPSA) is 107 Å². The van der Waals surface area contributed by atoms with E-state index in [4.69, 9.17) is 9.26 Å². The fourth-order valence-corrected chi connectivity index (χ4v) is 4.70. The van der Waals surface area contributed by atoms with E-state index in [0.717, 1.165) is 31.2 Å². The van der Waals surface area contributed by atoms with E-state index in [1.807, 2.05) is 0 Å². The van der Waals surface area contributed by atoms with Crippen LogP contribution in [0, 0.1) is 0 Å². The zero-order valence-electron chi connectivity index (χ0n) is 16.7. The van der Waals surface area contributed by atoms with E-state index in [-0.39, 0.29) is 17.4 Å². The van der Waals surface area contributed by atoms with E-state index in [0.29, 0.717) is 23.0 Å². The maximum atomic E-state index is 12.8. The van der Waals surface area contributed by atoms with Gasteiger partial charge in [0.1, 0.15) is 5.75 Å². The molecule has 0 aliphatic heterocycles. The summed E-state index contributed by atoms with van der Waals surface area (Å²) in [5.74, 6) is 1.68. The molecule has 0 unspecified atom stereocenters. The van der Waals surface area contributed by atoms with Gasteiger partial charge in [-0.2, -0.15) is 4.98 Å². The summed E-state index contributed by atoms with van der Waals surface area (Å²) in [5, 5.41) is 4.10. The van der Waals surface area contributed by atoms with Crippen molar-refractivity contribution >= 4 is 10.0 Å². The van der Waals surface area contributed by atoms with Gasteiger partial charge in [0.15, 0.2) is 0 Å². The average Bonchev–Trinajstić information content (AvgIpc) is 3.29. The smallest absolute Gasteiger partial charge is 0.240 e. The Labute approximate surface area is 175 Å². The van der Waals surface area contributed by atoms with E-state index < -0.39 is 10.0 Å². The van der Waals surface area contributed by atoms with E-state index >= 15 is 0 Å². The molecule has 0 amide bonds. The van der Waals surface area contributed by atoms with Gasteiger partial charge in [-0.3, -0.25) is 4.98 Å². The molecule has 0 spiro atoms. The molecule has 1 aromatic carbocycles. The predicted molar refractivity (Wildman–Crippen MR) is 110 cm³/mol. The van der Waals surface area contributed by atoms with Crippen molar-refractivity contribution in [1.82, 2.24) is 19.8 Å². The molecule has 1 N–H and O–H groups in total. The number of pyridine rings is 1. The summed E-state index contributed by atoms with van der Waals surface area (Å²) in [4.78, 5) is 8.65. The van der Waals surface area contributed by atoms with E-state index in [2.05, 4.69) is 19.8 Å². The average molecular weight is 429 g/mol. The maximum absolute atomic E-state index is 12.8. The number of nitrogens with zero attached hydrogens (tertiary/aromatic N) is 3. The van der Waals surface area contributed by atoms with Crippen LogP contribution in [0.15, 0.2) is 52.1 Å². The summed E-state index contributed by atoms with van der Waals surface area (Å²) >= 11 is 0. The zero-order valence-corrected chi connectivity index (χ0v) is 17.6. The molecule has 9 heteroatoms. The summed E-state index contributed by atoms with van der Waals surface area (Å²) in [5.41, 5.74) is 1.25. The van der Waals surface area contributed by atoms with Gasteiger partial charge in [-0.05, 0) is 42.7 Å². The van der Waals surface area contributed by atoms with Crippen molar-refractivity contribution in [2.24, 2.45) is 0 Å². The van der Waals surface area contributed by atoms with Crippen LogP contribution in [0.2, 0.25) is 0 Å². The molecule has 3 aromatic rings. The number of hydrogen-bond donors (Lipinski definition) is 1. The van der Waals surface area contributed by atoms with Crippen molar-refractivity contribution < 1.29 is 17.7 Å². The Morgan fingerprint density at radius 1 is 1.20 bits per heavy atom. The Balaban J connectivity index is 1.59. The van der Waals surface area contributed by atoms with Crippen molar-refractivity contribution in [3.05, 3.63) is 54.2 Å². The van der Waals surface area contributed by atoms with Gasteiger partial charge in [-0.1, -0.05) is 30.5 Å². The van der Waals surface area contributed by atoms with Crippen LogP contribution >= 0.6 is 0 Å². The normalized spacial score (nSPS) is 15.2. The second kappa shape index (κ2) is 8.93. The lowest BCUT2D eigenvalue weighted by Gasteiger charge is -2.17. The third-order valence-corrected chi connectivity index (χ3v) is 6.71. The van der Waals surface area contributed by atoms with Crippen LogP contribution in [0.3, 0.4) is 0 Å². The van der Waals surface area contributed by atoms with Crippen molar-refractivity contribution in [3.8, 4) is 17.1 Å². The highest BCUT2D eigenvalue weighted by atomic mass is 32.2. The third kappa shape index (κ3) is 4.52. The van der Waals surface area contributed by atoms with Crippen molar-refractivity contribution in [2.75, 3.05) is 7.11 Å². The molecule has 0 radical (unpaired) electrons. The van der Waals surface area contributed by atoms with E-state index in [1.165, 1.54) is 25.7 Å². The quantitative estimate of drug-likeness (QED) is 0.612. The Morgan fingerprint density at radius 2 is 2.03 bits per heavy atom. The van der Waals surface area contributed by atoms with Crippen LogP contribution in [0.1, 0.15) is 49.5 Å². The Hall–Kier alpha value is -2.78. The van der Waals surface area contributed by atoms with Gasteiger partial charge >= 0.3 is 0 Å². The summed E-state index contributed by atoms with van der Waals surface area (Å²) in [6.07, 6.45) is 8.87. The van der Waals surface area contributed by atoms with Gasteiger partial charge in [0.2, 0.25) is 21.7 Å². The summed E-state index contributed by atoms with van der Waals surface area (Å²) in [6.45, 7) is 0.144. The van der Waals surface area contributed by atoms with Gasteiger partial charge in [0, 0.05) is 24.9 Å². The van der Waals surface area contributed by atoms with Gasteiger partial charge in [0.05, 0.1) is 17.6 Å². The molecule has 1 aliphatic carbocycles. The standard InChI is InChI=1S/C21H24N4O4S/c1-28-19-10-9-17(30(26,27)23-14-15-6-5-11-22-13-15)12-18(19)20-24-21(29-25-20)16-7-3-2-4-8-16/h5-6,9-13,16,23H,2-4,7-8,14H2,1H3. The molecule has 2 heterocycles. The van der Waals surface area contributed by atoms with Gasteiger partial charge in [-0.25, -0.2) is 13.1 Å². The predicted octanol–water partition coefficient (Wildman–Crippen LogP) is 3.67. The molecule has 0 saturated heterocycles. The molecule has 4 rings (SSSR count).